The SMILES string of the molecule is CN=C(NCc1ccc(C)cc1)NCC1(N2CCCC2)CCOCC1.I. The third kappa shape index (κ3) is 5.57. The van der Waals surface area contributed by atoms with Gasteiger partial charge in [0.15, 0.2) is 5.96 Å². The summed E-state index contributed by atoms with van der Waals surface area (Å²) in [4.78, 5) is 7.08. The molecule has 5 nitrogen and oxygen atoms in total. The van der Waals surface area contributed by atoms with Crippen molar-refractivity contribution in [3.05, 3.63) is 35.4 Å². The van der Waals surface area contributed by atoms with Crippen LogP contribution in [0.1, 0.15) is 36.8 Å². The molecule has 2 saturated heterocycles. The van der Waals surface area contributed by atoms with E-state index in [9.17, 15) is 0 Å². The summed E-state index contributed by atoms with van der Waals surface area (Å²) in [6, 6.07) is 8.63. The molecule has 1 aromatic carbocycles. The molecule has 0 aromatic heterocycles. The molecule has 0 bridgehead atoms. The Morgan fingerprint density at radius 2 is 1.77 bits per heavy atom. The molecule has 0 saturated carbocycles. The Labute approximate surface area is 175 Å². The number of guanidine groups is 1. The lowest BCUT2D eigenvalue weighted by Gasteiger charge is -2.45. The first kappa shape index (κ1) is 21.4. The molecule has 0 spiro atoms. The highest BCUT2D eigenvalue weighted by molar-refractivity contribution is 14.0. The molecule has 0 atom stereocenters. The minimum Gasteiger partial charge on any atom is -0.381 e. The molecule has 0 amide bonds. The first-order valence-corrected chi connectivity index (χ1v) is 9.55. The smallest absolute Gasteiger partial charge is 0.191 e. The van der Waals surface area contributed by atoms with Crippen LogP contribution in [0.15, 0.2) is 29.3 Å². The lowest BCUT2D eigenvalue weighted by molar-refractivity contribution is -0.0164. The van der Waals surface area contributed by atoms with Gasteiger partial charge in [-0.05, 0) is 51.3 Å². The van der Waals surface area contributed by atoms with Crippen molar-refractivity contribution in [2.75, 3.05) is 39.9 Å². The van der Waals surface area contributed by atoms with Crippen molar-refractivity contribution in [3.63, 3.8) is 0 Å². The normalized spacial score (nSPS) is 20.5. The van der Waals surface area contributed by atoms with Crippen LogP contribution in [-0.2, 0) is 11.3 Å². The van der Waals surface area contributed by atoms with Crippen molar-refractivity contribution in [1.29, 1.82) is 0 Å². The highest BCUT2D eigenvalue weighted by Crippen LogP contribution is 2.30. The maximum atomic E-state index is 5.63. The summed E-state index contributed by atoms with van der Waals surface area (Å²) in [5.74, 6) is 0.880. The fourth-order valence-electron chi connectivity index (χ4n) is 3.91. The van der Waals surface area contributed by atoms with E-state index in [-0.39, 0.29) is 29.5 Å². The van der Waals surface area contributed by atoms with Crippen LogP contribution in [0.5, 0.6) is 0 Å². The number of halogens is 1. The lowest BCUT2D eigenvalue weighted by Crippen LogP contribution is -2.58. The molecule has 3 rings (SSSR count). The minimum absolute atomic E-state index is 0. The predicted octanol–water partition coefficient (Wildman–Crippen LogP) is 2.92. The standard InChI is InChI=1S/C20H32N4O.HI/c1-17-5-7-18(8-6-17)15-22-19(21-2)23-16-20(9-13-25-14-10-20)24-11-3-4-12-24;/h5-8H,3-4,9-16H2,1-2H3,(H2,21,22,23);1H. The fraction of sp³-hybridized carbons (Fsp3) is 0.650. The van der Waals surface area contributed by atoms with Crippen LogP contribution in [0.4, 0.5) is 0 Å². The van der Waals surface area contributed by atoms with Crippen LogP contribution in [0, 0.1) is 6.92 Å². The van der Waals surface area contributed by atoms with E-state index in [1.54, 1.807) is 0 Å². The van der Waals surface area contributed by atoms with Crippen LogP contribution < -0.4 is 10.6 Å². The fourth-order valence-corrected chi connectivity index (χ4v) is 3.91. The Bertz CT molecular complexity index is 564. The van der Waals surface area contributed by atoms with Crippen molar-refractivity contribution in [3.8, 4) is 0 Å². The Morgan fingerprint density at radius 1 is 1.12 bits per heavy atom. The van der Waals surface area contributed by atoms with E-state index in [2.05, 4.69) is 51.7 Å². The summed E-state index contributed by atoms with van der Waals surface area (Å²) in [6.07, 6.45) is 4.86. The van der Waals surface area contributed by atoms with E-state index in [1.165, 1.54) is 37.1 Å². The van der Waals surface area contributed by atoms with Gasteiger partial charge in [-0.3, -0.25) is 9.89 Å². The minimum atomic E-state index is 0. The zero-order valence-corrected chi connectivity index (χ0v) is 18.4. The van der Waals surface area contributed by atoms with Gasteiger partial charge < -0.3 is 15.4 Å². The quantitative estimate of drug-likeness (QED) is 0.393. The first-order chi connectivity index (χ1) is 12.2. The highest BCUT2D eigenvalue weighted by atomic mass is 127. The summed E-state index contributed by atoms with van der Waals surface area (Å²) >= 11 is 0. The number of nitrogens with zero attached hydrogens (tertiary/aromatic N) is 2. The molecule has 2 aliphatic heterocycles. The number of nitrogens with one attached hydrogen (secondary N) is 2. The molecule has 1 aromatic rings. The van der Waals surface area contributed by atoms with Gasteiger partial charge >= 0.3 is 0 Å². The van der Waals surface area contributed by atoms with E-state index in [4.69, 9.17) is 4.74 Å². The maximum absolute atomic E-state index is 5.63. The molecule has 0 unspecified atom stereocenters. The van der Waals surface area contributed by atoms with Crippen LogP contribution in [-0.4, -0.2) is 56.3 Å². The van der Waals surface area contributed by atoms with Gasteiger partial charge in [0.25, 0.3) is 0 Å². The van der Waals surface area contributed by atoms with Crippen LogP contribution in [0.25, 0.3) is 0 Å². The molecule has 2 aliphatic rings. The zero-order chi connectivity index (χ0) is 17.5. The van der Waals surface area contributed by atoms with E-state index in [0.29, 0.717) is 0 Å². The molecule has 26 heavy (non-hydrogen) atoms. The molecular formula is C20H33IN4O. The second kappa shape index (κ2) is 10.5. The molecule has 2 fully saturated rings. The van der Waals surface area contributed by atoms with E-state index < -0.39 is 0 Å². The monoisotopic (exact) mass is 472 g/mol. The Morgan fingerprint density at radius 3 is 2.38 bits per heavy atom. The van der Waals surface area contributed by atoms with Crippen LogP contribution >= 0.6 is 24.0 Å². The lowest BCUT2D eigenvalue weighted by atomic mass is 9.88. The number of hydrogen-bond donors (Lipinski definition) is 2. The average Bonchev–Trinajstić information content (AvgIpc) is 3.19. The summed E-state index contributed by atoms with van der Waals surface area (Å²) in [5.41, 5.74) is 2.78. The topological polar surface area (TPSA) is 48.9 Å². The van der Waals surface area contributed by atoms with Crippen molar-refractivity contribution < 1.29 is 4.74 Å². The number of rotatable bonds is 5. The van der Waals surface area contributed by atoms with E-state index in [0.717, 1.165) is 45.1 Å². The number of ether oxygens (including phenoxy) is 1. The average molecular weight is 472 g/mol. The molecule has 0 radical (unpaired) electrons. The first-order valence-electron chi connectivity index (χ1n) is 9.55. The summed E-state index contributed by atoms with van der Waals surface area (Å²) < 4.78 is 5.63. The Balaban J connectivity index is 0.00000243. The molecule has 6 heteroatoms. The van der Waals surface area contributed by atoms with Gasteiger partial charge in [-0.2, -0.15) is 0 Å². The van der Waals surface area contributed by atoms with Crippen LogP contribution in [0.2, 0.25) is 0 Å². The van der Waals surface area contributed by atoms with Gasteiger partial charge in [0.1, 0.15) is 0 Å². The Hall–Kier alpha value is -0.860. The zero-order valence-electron chi connectivity index (χ0n) is 16.1. The number of benzene rings is 1. The number of hydrogen-bond acceptors (Lipinski definition) is 3. The maximum Gasteiger partial charge on any atom is 0.191 e. The molecule has 2 N–H and O–H groups in total. The predicted molar refractivity (Wildman–Crippen MR) is 118 cm³/mol. The van der Waals surface area contributed by atoms with Crippen molar-refractivity contribution in [2.45, 2.75) is 44.7 Å². The molecule has 146 valence electrons. The number of likely N-dealkylation sites (tertiary alicyclic amines) is 1. The van der Waals surface area contributed by atoms with Crippen molar-refractivity contribution in [1.82, 2.24) is 15.5 Å². The van der Waals surface area contributed by atoms with E-state index >= 15 is 0 Å². The van der Waals surface area contributed by atoms with Gasteiger partial charge in [0.2, 0.25) is 0 Å². The Kier molecular flexibility index (Phi) is 8.63. The molecule has 2 heterocycles. The van der Waals surface area contributed by atoms with Gasteiger partial charge in [-0.25, -0.2) is 0 Å². The third-order valence-electron chi connectivity index (χ3n) is 5.59. The van der Waals surface area contributed by atoms with Crippen molar-refractivity contribution >= 4 is 29.9 Å². The highest BCUT2D eigenvalue weighted by Gasteiger charge is 2.39. The second-order valence-electron chi connectivity index (χ2n) is 7.30. The second-order valence-corrected chi connectivity index (χ2v) is 7.30. The summed E-state index contributed by atoms with van der Waals surface area (Å²) in [6.45, 7) is 8.02. The largest absolute Gasteiger partial charge is 0.381 e. The third-order valence-corrected chi connectivity index (χ3v) is 5.59. The number of aryl methyl sites for hydroxylation is 1. The van der Waals surface area contributed by atoms with Gasteiger partial charge in [-0.1, -0.05) is 29.8 Å². The summed E-state index contributed by atoms with van der Waals surface area (Å²) in [5, 5.41) is 7.02. The van der Waals surface area contributed by atoms with Gasteiger partial charge in [0, 0.05) is 38.9 Å². The number of aliphatic imine (C=N–C) groups is 1. The summed E-state index contributed by atoms with van der Waals surface area (Å²) in [7, 11) is 1.84. The van der Waals surface area contributed by atoms with Gasteiger partial charge in [-0.15, -0.1) is 24.0 Å². The van der Waals surface area contributed by atoms with Crippen molar-refractivity contribution in [2.24, 2.45) is 4.99 Å². The molecular weight excluding hydrogens is 439 g/mol. The van der Waals surface area contributed by atoms with E-state index in [1.807, 2.05) is 7.05 Å². The molecule has 0 aliphatic carbocycles. The van der Waals surface area contributed by atoms with Gasteiger partial charge in [0.05, 0.1) is 0 Å². The van der Waals surface area contributed by atoms with Crippen LogP contribution in [0.3, 0.4) is 0 Å².